The van der Waals surface area contributed by atoms with Crippen molar-refractivity contribution in [3.63, 3.8) is 0 Å². The zero-order valence-corrected chi connectivity index (χ0v) is 14.3. The van der Waals surface area contributed by atoms with E-state index >= 15 is 0 Å². The minimum atomic E-state index is -0.447. The van der Waals surface area contributed by atoms with E-state index in [1.165, 1.54) is 5.56 Å². The number of nitrogens with zero attached hydrogens (tertiary/aromatic N) is 2. The number of likely N-dealkylation sites (tertiary alicyclic amines) is 1. The summed E-state index contributed by atoms with van der Waals surface area (Å²) >= 11 is 1.55. The Bertz CT molecular complexity index is 700. The first kappa shape index (κ1) is 15.7. The van der Waals surface area contributed by atoms with Gasteiger partial charge in [0.05, 0.1) is 18.2 Å². The van der Waals surface area contributed by atoms with Crippen molar-refractivity contribution in [3.8, 4) is 0 Å². The van der Waals surface area contributed by atoms with Crippen LogP contribution < -0.4 is 0 Å². The van der Waals surface area contributed by atoms with Crippen LogP contribution in [0.3, 0.4) is 0 Å². The predicted octanol–water partition coefficient (Wildman–Crippen LogP) is 2.71. The van der Waals surface area contributed by atoms with Crippen LogP contribution in [0.2, 0.25) is 0 Å². The Kier molecular flexibility index (Phi) is 4.35. The fraction of sp³-hybridized carbons (Fsp3) is 0.444. The molecule has 2 aliphatic heterocycles. The summed E-state index contributed by atoms with van der Waals surface area (Å²) in [6.07, 6.45) is 2.24. The van der Waals surface area contributed by atoms with Gasteiger partial charge >= 0.3 is 0 Å². The maximum absolute atomic E-state index is 12.7. The van der Waals surface area contributed by atoms with E-state index in [-0.39, 0.29) is 5.91 Å². The maximum Gasteiger partial charge on any atom is 0.273 e. The molecule has 0 N–H and O–H groups in total. The summed E-state index contributed by atoms with van der Waals surface area (Å²) in [6, 6.07) is 10.2. The van der Waals surface area contributed by atoms with Crippen LogP contribution >= 0.6 is 11.3 Å². The lowest BCUT2D eigenvalue weighted by Gasteiger charge is -2.37. The third-order valence-corrected chi connectivity index (χ3v) is 5.44. The van der Waals surface area contributed by atoms with Crippen LogP contribution in [0.5, 0.6) is 0 Å². The fourth-order valence-corrected chi connectivity index (χ4v) is 4.06. The summed E-state index contributed by atoms with van der Waals surface area (Å²) in [6.45, 7) is 2.63. The SMILES string of the molecule is O=C(c1csc(Cc2ccccc2)n1)N1CCC2(CC1)OCCO2. The molecular formula is C18H20N2O3S. The number of amides is 1. The molecule has 5 nitrogen and oxygen atoms in total. The molecule has 6 heteroatoms. The van der Waals surface area contributed by atoms with E-state index in [1.54, 1.807) is 11.3 Å². The smallest absolute Gasteiger partial charge is 0.273 e. The van der Waals surface area contributed by atoms with Gasteiger partial charge in [-0.2, -0.15) is 0 Å². The molecule has 0 bridgehead atoms. The third-order valence-electron chi connectivity index (χ3n) is 4.60. The summed E-state index contributed by atoms with van der Waals surface area (Å²) in [7, 11) is 0. The third kappa shape index (κ3) is 3.22. The van der Waals surface area contributed by atoms with Crippen LogP contribution in [0.4, 0.5) is 0 Å². The number of ether oxygens (including phenoxy) is 2. The first-order chi connectivity index (χ1) is 11.7. The van der Waals surface area contributed by atoms with Gasteiger partial charge in [0.1, 0.15) is 5.69 Å². The molecule has 4 rings (SSSR count). The molecule has 126 valence electrons. The van der Waals surface area contributed by atoms with Crippen LogP contribution in [-0.4, -0.2) is 47.9 Å². The fourth-order valence-electron chi connectivity index (χ4n) is 3.26. The molecule has 0 radical (unpaired) electrons. The van der Waals surface area contributed by atoms with Gasteiger partial charge in [0.2, 0.25) is 0 Å². The van der Waals surface area contributed by atoms with Crippen molar-refractivity contribution in [1.82, 2.24) is 9.88 Å². The quantitative estimate of drug-likeness (QED) is 0.859. The van der Waals surface area contributed by atoms with E-state index in [9.17, 15) is 4.79 Å². The second-order valence-corrected chi connectivity index (χ2v) is 7.13. The Labute approximate surface area is 145 Å². The van der Waals surface area contributed by atoms with Crippen molar-refractivity contribution in [1.29, 1.82) is 0 Å². The van der Waals surface area contributed by atoms with Gasteiger partial charge in [0, 0.05) is 37.7 Å². The first-order valence-electron chi connectivity index (χ1n) is 8.30. The Morgan fingerprint density at radius 1 is 1.17 bits per heavy atom. The van der Waals surface area contributed by atoms with Crippen LogP contribution in [0, 0.1) is 0 Å². The normalized spacial score (nSPS) is 19.8. The maximum atomic E-state index is 12.7. The highest BCUT2D eigenvalue weighted by Gasteiger charge is 2.41. The number of carbonyl (C=O) groups excluding carboxylic acids is 1. The summed E-state index contributed by atoms with van der Waals surface area (Å²) in [5.74, 6) is -0.435. The van der Waals surface area contributed by atoms with Gasteiger partial charge in [-0.05, 0) is 5.56 Å². The van der Waals surface area contributed by atoms with Crippen LogP contribution in [-0.2, 0) is 15.9 Å². The number of carbonyl (C=O) groups is 1. The molecule has 2 saturated heterocycles. The van der Waals surface area contributed by atoms with Crippen molar-refractivity contribution >= 4 is 17.2 Å². The summed E-state index contributed by atoms with van der Waals surface area (Å²) in [5, 5.41) is 2.84. The van der Waals surface area contributed by atoms with Crippen LogP contribution in [0.15, 0.2) is 35.7 Å². The highest BCUT2D eigenvalue weighted by atomic mass is 32.1. The molecule has 0 aliphatic carbocycles. The molecular weight excluding hydrogens is 324 g/mol. The van der Waals surface area contributed by atoms with Crippen molar-refractivity contribution in [2.45, 2.75) is 25.0 Å². The van der Waals surface area contributed by atoms with E-state index < -0.39 is 5.79 Å². The molecule has 0 unspecified atom stereocenters. The molecule has 1 spiro atoms. The monoisotopic (exact) mass is 344 g/mol. The van der Waals surface area contributed by atoms with E-state index in [4.69, 9.17) is 9.47 Å². The van der Waals surface area contributed by atoms with Crippen LogP contribution in [0.25, 0.3) is 0 Å². The lowest BCUT2D eigenvalue weighted by Crippen LogP contribution is -2.47. The lowest BCUT2D eigenvalue weighted by molar-refractivity contribution is -0.181. The largest absolute Gasteiger partial charge is 0.347 e. The Morgan fingerprint density at radius 3 is 2.58 bits per heavy atom. The Hall–Kier alpha value is -1.76. The standard InChI is InChI=1S/C18H20N2O3S/c21-17(20-8-6-18(7-9-20)22-10-11-23-18)15-13-24-16(19-15)12-14-4-2-1-3-5-14/h1-5,13H,6-12H2. The van der Waals surface area contributed by atoms with E-state index in [2.05, 4.69) is 17.1 Å². The Morgan fingerprint density at radius 2 is 1.88 bits per heavy atom. The predicted molar refractivity (Wildman–Crippen MR) is 91.1 cm³/mol. The minimum absolute atomic E-state index is 0.0124. The van der Waals surface area contributed by atoms with Crippen LogP contribution in [0.1, 0.15) is 33.9 Å². The summed E-state index contributed by atoms with van der Waals surface area (Å²) in [5.41, 5.74) is 1.76. The second-order valence-electron chi connectivity index (χ2n) is 6.19. The molecule has 0 atom stereocenters. The number of piperidine rings is 1. The molecule has 2 aromatic rings. The Balaban J connectivity index is 1.38. The molecule has 1 amide bonds. The van der Waals surface area contributed by atoms with Crippen molar-refractivity contribution < 1.29 is 14.3 Å². The van der Waals surface area contributed by atoms with E-state index in [1.807, 2.05) is 28.5 Å². The molecule has 0 saturated carbocycles. The van der Waals surface area contributed by atoms with Gasteiger partial charge in [-0.25, -0.2) is 4.98 Å². The molecule has 3 heterocycles. The highest BCUT2D eigenvalue weighted by molar-refractivity contribution is 7.09. The number of hydrogen-bond acceptors (Lipinski definition) is 5. The lowest BCUT2D eigenvalue weighted by atomic mass is 10.0. The van der Waals surface area contributed by atoms with E-state index in [0.29, 0.717) is 32.0 Å². The topological polar surface area (TPSA) is 51.7 Å². The van der Waals surface area contributed by atoms with E-state index in [0.717, 1.165) is 24.3 Å². The number of benzene rings is 1. The molecule has 2 fully saturated rings. The molecule has 24 heavy (non-hydrogen) atoms. The van der Waals surface area contributed by atoms with Gasteiger partial charge in [0.15, 0.2) is 5.79 Å². The highest BCUT2D eigenvalue weighted by Crippen LogP contribution is 2.31. The number of hydrogen-bond donors (Lipinski definition) is 0. The minimum Gasteiger partial charge on any atom is -0.347 e. The number of rotatable bonds is 3. The van der Waals surface area contributed by atoms with Crippen molar-refractivity contribution in [3.05, 3.63) is 52.0 Å². The second kappa shape index (κ2) is 6.63. The van der Waals surface area contributed by atoms with Gasteiger partial charge in [-0.15, -0.1) is 11.3 Å². The first-order valence-corrected chi connectivity index (χ1v) is 9.18. The summed E-state index contributed by atoms with van der Waals surface area (Å²) < 4.78 is 11.4. The van der Waals surface area contributed by atoms with Crippen molar-refractivity contribution in [2.75, 3.05) is 26.3 Å². The van der Waals surface area contributed by atoms with Crippen molar-refractivity contribution in [2.24, 2.45) is 0 Å². The molecule has 1 aromatic carbocycles. The average Bonchev–Trinajstić information content (AvgIpc) is 3.26. The average molecular weight is 344 g/mol. The summed E-state index contributed by atoms with van der Waals surface area (Å²) in [4.78, 5) is 19.1. The zero-order chi connectivity index (χ0) is 16.4. The number of aromatic nitrogens is 1. The molecule has 1 aromatic heterocycles. The van der Waals surface area contributed by atoms with Gasteiger partial charge in [-0.3, -0.25) is 4.79 Å². The molecule has 2 aliphatic rings. The zero-order valence-electron chi connectivity index (χ0n) is 13.4. The van der Waals surface area contributed by atoms with Gasteiger partial charge < -0.3 is 14.4 Å². The van der Waals surface area contributed by atoms with Gasteiger partial charge in [-0.1, -0.05) is 30.3 Å². The number of thiazole rings is 1. The van der Waals surface area contributed by atoms with Gasteiger partial charge in [0.25, 0.3) is 5.91 Å².